The summed E-state index contributed by atoms with van der Waals surface area (Å²) in [7, 11) is 0. The average molecular weight is 343 g/mol. The van der Waals surface area contributed by atoms with Crippen LogP contribution in [0.3, 0.4) is 0 Å². The Morgan fingerprint density at radius 1 is 0.917 bits per heavy atom. The van der Waals surface area contributed by atoms with Gasteiger partial charge in [0.15, 0.2) is 0 Å². The fraction of sp³-hybridized carbons (Fsp3) is 1.00. The summed E-state index contributed by atoms with van der Waals surface area (Å²) in [6, 6.07) is 0. The van der Waals surface area contributed by atoms with E-state index in [4.69, 9.17) is 0 Å². The fourth-order valence-corrected chi connectivity index (χ4v) is 3.81. The van der Waals surface area contributed by atoms with Crippen molar-refractivity contribution in [1.29, 1.82) is 0 Å². The molecule has 0 N–H and O–H groups in total. The monoisotopic (exact) mass is 342 g/mol. The average Bonchev–Trinajstić information content (AvgIpc) is 2.54. The minimum absolute atomic E-state index is 0. The van der Waals surface area contributed by atoms with Gasteiger partial charge in [0, 0.05) is 0 Å². The Balaban J connectivity index is -0.000000817. The highest BCUT2D eigenvalue weighted by molar-refractivity contribution is 4.80. The fourth-order valence-electron chi connectivity index (χ4n) is 3.81. The third-order valence-electron chi connectivity index (χ3n) is 5.82. The van der Waals surface area contributed by atoms with E-state index in [-0.39, 0.29) is 7.43 Å². The van der Waals surface area contributed by atoms with E-state index in [0.29, 0.717) is 5.41 Å². The number of hydrogen-bond donors (Lipinski definition) is 0. The van der Waals surface area contributed by atoms with Crippen molar-refractivity contribution >= 4 is 0 Å². The zero-order valence-electron chi connectivity index (χ0n) is 18.3. The molecule has 0 heterocycles. The summed E-state index contributed by atoms with van der Waals surface area (Å²) in [5, 5.41) is 0. The van der Waals surface area contributed by atoms with Crippen LogP contribution in [-0.4, -0.2) is 0 Å². The van der Waals surface area contributed by atoms with E-state index in [1.165, 1.54) is 64.2 Å². The summed E-state index contributed by atoms with van der Waals surface area (Å²) in [6.07, 6.45) is 14.5. The summed E-state index contributed by atoms with van der Waals surface area (Å²) in [6.45, 7) is 20.3. The predicted molar refractivity (Wildman–Crippen MR) is 117 cm³/mol. The maximum atomic E-state index is 2.54. The highest BCUT2D eigenvalue weighted by Crippen LogP contribution is 2.41. The maximum Gasteiger partial charge on any atom is -0.0326 e. The molecule has 0 aliphatic heterocycles. The molecule has 0 nitrogen and oxygen atoms in total. The van der Waals surface area contributed by atoms with Gasteiger partial charge >= 0.3 is 0 Å². The zero-order chi connectivity index (χ0) is 18.3. The first kappa shape index (κ1) is 28.8. The Kier molecular flexibility index (Phi) is 21.4. The first-order valence-corrected chi connectivity index (χ1v) is 11.0. The van der Waals surface area contributed by atoms with Crippen LogP contribution >= 0.6 is 0 Å². The Bertz CT molecular complexity index is 218. The highest BCUT2D eigenvalue weighted by Gasteiger charge is 2.29. The van der Waals surface area contributed by atoms with E-state index in [0.717, 1.165) is 17.8 Å². The largest absolute Gasteiger partial charge is 0.0776 e. The van der Waals surface area contributed by atoms with Gasteiger partial charge in [-0.25, -0.2) is 0 Å². The van der Waals surface area contributed by atoms with Crippen LogP contribution in [0.4, 0.5) is 0 Å². The molecule has 1 saturated carbocycles. The van der Waals surface area contributed by atoms with Crippen molar-refractivity contribution in [2.45, 2.75) is 134 Å². The lowest BCUT2D eigenvalue weighted by Crippen LogP contribution is -2.25. The van der Waals surface area contributed by atoms with Gasteiger partial charge in [-0.3, -0.25) is 0 Å². The third-order valence-corrected chi connectivity index (χ3v) is 5.82. The van der Waals surface area contributed by atoms with Crippen LogP contribution in [0, 0.1) is 23.2 Å². The summed E-state index contributed by atoms with van der Waals surface area (Å²) < 4.78 is 0. The highest BCUT2D eigenvalue weighted by atomic mass is 14.3. The van der Waals surface area contributed by atoms with Crippen molar-refractivity contribution in [2.75, 3.05) is 0 Å². The van der Waals surface area contributed by atoms with Gasteiger partial charge in [-0.2, -0.15) is 0 Å². The molecule has 0 amide bonds. The third kappa shape index (κ3) is 13.3. The molecule has 150 valence electrons. The molecule has 1 aliphatic rings. The van der Waals surface area contributed by atoms with Crippen LogP contribution in [-0.2, 0) is 0 Å². The van der Waals surface area contributed by atoms with Gasteiger partial charge in [0.25, 0.3) is 0 Å². The van der Waals surface area contributed by atoms with Gasteiger partial charge in [0.2, 0.25) is 0 Å². The van der Waals surface area contributed by atoms with E-state index < -0.39 is 0 Å². The smallest absolute Gasteiger partial charge is 0.0326 e. The van der Waals surface area contributed by atoms with Crippen LogP contribution in [0.15, 0.2) is 0 Å². The van der Waals surface area contributed by atoms with Crippen LogP contribution in [0.25, 0.3) is 0 Å². The normalized spacial score (nSPS) is 22.4. The van der Waals surface area contributed by atoms with Gasteiger partial charge in [-0.05, 0) is 42.4 Å². The standard InChI is InChI=1S/C19H38.2C2H6.CH4/c1-6-16(2)12-9-15-19(4,5)18-13-7-10-17(3)11-8-14-18;2*1-2;/h16-18H,6-15H2,1-5H3;2*1-2H3;1H4. The Morgan fingerprint density at radius 3 is 1.79 bits per heavy atom. The molecule has 24 heavy (non-hydrogen) atoms. The van der Waals surface area contributed by atoms with E-state index in [2.05, 4.69) is 34.6 Å². The summed E-state index contributed by atoms with van der Waals surface area (Å²) >= 11 is 0. The quantitative estimate of drug-likeness (QED) is 0.450. The van der Waals surface area contributed by atoms with Gasteiger partial charge in [-0.1, -0.05) is 115 Å². The lowest BCUT2D eigenvalue weighted by Gasteiger charge is -2.37. The zero-order valence-corrected chi connectivity index (χ0v) is 18.3. The van der Waals surface area contributed by atoms with E-state index >= 15 is 0 Å². The first-order valence-electron chi connectivity index (χ1n) is 11.0. The molecular weight excluding hydrogens is 288 g/mol. The summed E-state index contributed by atoms with van der Waals surface area (Å²) in [4.78, 5) is 0. The minimum Gasteiger partial charge on any atom is -0.0776 e. The summed E-state index contributed by atoms with van der Waals surface area (Å²) in [5.74, 6) is 2.89. The summed E-state index contributed by atoms with van der Waals surface area (Å²) in [5.41, 5.74) is 0.577. The molecule has 1 atom stereocenters. The molecule has 0 aromatic carbocycles. The molecule has 1 unspecified atom stereocenters. The van der Waals surface area contributed by atoms with E-state index in [1.54, 1.807) is 0 Å². The van der Waals surface area contributed by atoms with Crippen molar-refractivity contribution in [3.05, 3.63) is 0 Å². The SMILES string of the molecule is C.CC.CC.CCC(C)CCCC(C)(C)C1CCCC(C)CCC1. The topological polar surface area (TPSA) is 0 Å². The van der Waals surface area contributed by atoms with Crippen LogP contribution in [0.1, 0.15) is 134 Å². The minimum atomic E-state index is 0. The second-order valence-electron chi connectivity index (χ2n) is 8.06. The molecule has 0 radical (unpaired) electrons. The lowest BCUT2D eigenvalue weighted by atomic mass is 9.69. The van der Waals surface area contributed by atoms with Crippen molar-refractivity contribution < 1.29 is 0 Å². The molecule has 0 aromatic heterocycles. The van der Waals surface area contributed by atoms with Gasteiger partial charge in [-0.15, -0.1) is 0 Å². The molecule has 0 bridgehead atoms. The van der Waals surface area contributed by atoms with Crippen molar-refractivity contribution in [3.63, 3.8) is 0 Å². The van der Waals surface area contributed by atoms with Crippen LogP contribution in [0.5, 0.6) is 0 Å². The predicted octanol–water partition coefficient (Wildman–Crippen LogP) is 9.52. The Labute approximate surface area is 157 Å². The first-order chi connectivity index (χ1) is 11.0. The molecule has 1 rings (SSSR count). The van der Waals surface area contributed by atoms with Crippen LogP contribution in [0.2, 0.25) is 0 Å². The second kappa shape index (κ2) is 17.8. The lowest BCUT2D eigenvalue weighted by molar-refractivity contribution is 0.144. The van der Waals surface area contributed by atoms with Gasteiger partial charge in [0.05, 0.1) is 0 Å². The van der Waals surface area contributed by atoms with Crippen molar-refractivity contribution in [2.24, 2.45) is 23.2 Å². The molecule has 0 heteroatoms. The van der Waals surface area contributed by atoms with Gasteiger partial charge in [0.1, 0.15) is 0 Å². The number of hydrogen-bond acceptors (Lipinski definition) is 0. The maximum absolute atomic E-state index is 2.54. The van der Waals surface area contributed by atoms with E-state index in [1.807, 2.05) is 27.7 Å². The number of rotatable bonds is 6. The molecule has 0 saturated heterocycles. The molecular formula is C24H54. The molecule has 0 spiro atoms. The van der Waals surface area contributed by atoms with E-state index in [9.17, 15) is 0 Å². The Morgan fingerprint density at radius 2 is 1.38 bits per heavy atom. The molecule has 1 aliphatic carbocycles. The van der Waals surface area contributed by atoms with Crippen LogP contribution < -0.4 is 0 Å². The second-order valence-corrected chi connectivity index (χ2v) is 8.06. The van der Waals surface area contributed by atoms with Crippen molar-refractivity contribution in [3.8, 4) is 0 Å². The van der Waals surface area contributed by atoms with Crippen molar-refractivity contribution in [1.82, 2.24) is 0 Å². The Hall–Kier alpha value is 0. The molecule has 0 aromatic rings. The van der Waals surface area contributed by atoms with Gasteiger partial charge < -0.3 is 0 Å². The molecule has 1 fully saturated rings.